The van der Waals surface area contributed by atoms with E-state index in [1.165, 1.54) is 22.9 Å². The quantitative estimate of drug-likeness (QED) is 0.344. The third-order valence-corrected chi connectivity index (χ3v) is 3.22. The third kappa shape index (κ3) is 3.25. The highest BCUT2D eigenvalue weighted by Gasteiger charge is 2.23. The lowest BCUT2D eigenvalue weighted by atomic mass is 10.2. The van der Waals surface area contributed by atoms with Gasteiger partial charge in [-0.05, 0) is 27.7 Å². The number of amidine groups is 1. The minimum atomic E-state index is -2.71. The molecule has 0 aliphatic carbocycles. The summed E-state index contributed by atoms with van der Waals surface area (Å²) in [5.41, 5.74) is 5.19. The van der Waals surface area contributed by atoms with Crippen molar-refractivity contribution in [1.82, 2.24) is 30.5 Å². The van der Waals surface area contributed by atoms with Crippen LogP contribution in [0.5, 0.6) is 0 Å². The fourth-order valence-electron chi connectivity index (χ4n) is 1.98. The van der Waals surface area contributed by atoms with Crippen molar-refractivity contribution in [2.45, 2.75) is 13.0 Å². The van der Waals surface area contributed by atoms with Crippen molar-refractivity contribution in [2.24, 2.45) is 0 Å². The first-order chi connectivity index (χ1) is 12.0. The first-order valence-electron chi connectivity index (χ1n) is 6.76. The van der Waals surface area contributed by atoms with Crippen molar-refractivity contribution in [1.29, 1.82) is 5.41 Å². The molecule has 0 spiro atoms. The first-order valence-corrected chi connectivity index (χ1v) is 6.76. The number of hydroxylamine groups is 1. The molecule has 0 aliphatic heterocycles. The molecule has 13 heteroatoms. The number of anilines is 2. The van der Waals surface area contributed by atoms with Crippen LogP contribution in [0.15, 0.2) is 28.9 Å². The van der Waals surface area contributed by atoms with Crippen molar-refractivity contribution in [2.75, 3.05) is 10.8 Å². The average Bonchev–Trinajstić information content (AvgIpc) is 3.23. The highest BCUT2D eigenvalue weighted by molar-refractivity contribution is 6.05. The second-order valence-corrected chi connectivity index (χ2v) is 4.81. The lowest BCUT2D eigenvalue weighted by Crippen LogP contribution is -2.28. The lowest BCUT2D eigenvalue weighted by molar-refractivity contribution is 0.151. The van der Waals surface area contributed by atoms with E-state index in [0.717, 1.165) is 6.07 Å². The summed E-state index contributed by atoms with van der Waals surface area (Å²) >= 11 is 0. The maximum atomic E-state index is 12.8. The number of nitrogens with two attached hydrogens (primary N) is 1. The maximum absolute atomic E-state index is 12.8. The van der Waals surface area contributed by atoms with Crippen LogP contribution in [0.1, 0.15) is 23.4 Å². The van der Waals surface area contributed by atoms with E-state index >= 15 is 0 Å². The minimum absolute atomic E-state index is 0.00553. The molecule has 0 saturated carbocycles. The Kier molecular flexibility index (Phi) is 4.30. The van der Waals surface area contributed by atoms with Crippen LogP contribution in [0.2, 0.25) is 0 Å². The second-order valence-electron chi connectivity index (χ2n) is 4.81. The molecule has 0 atom stereocenters. The second kappa shape index (κ2) is 6.56. The van der Waals surface area contributed by atoms with Crippen LogP contribution in [0, 0.1) is 5.41 Å². The Morgan fingerprint density at radius 2 is 2.20 bits per heavy atom. The van der Waals surface area contributed by atoms with Crippen LogP contribution < -0.4 is 10.8 Å². The zero-order valence-electron chi connectivity index (χ0n) is 12.4. The van der Waals surface area contributed by atoms with Gasteiger partial charge in [0, 0.05) is 5.56 Å². The molecule has 0 amide bonds. The number of benzene rings is 1. The van der Waals surface area contributed by atoms with Gasteiger partial charge in [0.05, 0.1) is 12.2 Å². The number of nitrogens with one attached hydrogen (secondary N) is 1. The molecule has 0 bridgehead atoms. The number of tetrazole rings is 1. The smallest absolute Gasteiger partial charge is 0.263 e. The number of nitrogen functional groups attached to an aromatic ring is 1. The highest BCUT2D eigenvalue weighted by Crippen LogP contribution is 2.24. The van der Waals surface area contributed by atoms with Gasteiger partial charge in [-0.1, -0.05) is 22.4 Å². The van der Waals surface area contributed by atoms with Crippen LogP contribution in [0.25, 0.3) is 0 Å². The predicted molar refractivity (Wildman–Crippen MR) is 78.1 cm³/mol. The van der Waals surface area contributed by atoms with Gasteiger partial charge in [0.2, 0.25) is 5.95 Å². The molecule has 0 aliphatic rings. The Morgan fingerprint density at radius 3 is 2.88 bits per heavy atom. The van der Waals surface area contributed by atoms with Crippen LogP contribution in [0.3, 0.4) is 0 Å². The number of halogens is 2. The van der Waals surface area contributed by atoms with E-state index in [1.807, 2.05) is 0 Å². The number of aromatic nitrogens is 6. The molecular weight excluding hydrogens is 340 g/mol. The minimum Gasteiger partial charge on any atom is -0.367 e. The van der Waals surface area contributed by atoms with Gasteiger partial charge in [0.15, 0.2) is 11.5 Å². The van der Waals surface area contributed by atoms with Gasteiger partial charge < -0.3 is 5.73 Å². The Balaban J connectivity index is 1.85. The fourth-order valence-corrected chi connectivity index (χ4v) is 1.98. The van der Waals surface area contributed by atoms with Gasteiger partial charge in [0.1, 0.15) is 5.69 Å². The molecule has 1 aromatic carbocycles. The molecule has 3 rings (SSSR count). The predicted octanol–water partition coefficient (Wildman–Crippen LogP) is 0.845. The van der Waals surface area contributed by atoms with Crippen molar-refractivity contribution in [3.05, 3.63) is 41.2 Å². The van der Waals surface area contributed by atoms with Gasteiger partial charge in [-0.2, -0.15) is 0 Å². The maximum Gasteiger partial charge on any atom is 0.263 e. The Bertz CT molecular complexity index is 894. The topological polar surface area (TPSA) is 156 Å². The summed E-state index contributed by atoms with van der Waals surface area (Å²) in [4.78, 5) is 0. The summed E-state index contributed by atoms with van der Waals surface area (Å²) in [6.07, 6.45) is -2.71. The summed E-state index contributed by atoms with van der Waals surface area (Å²) in [5.74, 6) is -0.528. The van der Waals surface area contributed by atoms with E-state index < -0.39 is 12.3 Å². The van der Waals surface area contributed by atoms with E-state index in [0.29, 0.717) is 5.06 Å². The average molecular weight is 351 g/mol. The van der Waals surface area contributed by atoms with Crippen LogP contribution >= 0.6 is 0 Å². The van der Waals surface area contributed by atoms with Crippen LogP contribution in [-0.2, 0) is 6.54 Å². The van der Waals surface area contributed by atoms with Crippen molar-refractivity contribution < 1.29 is 18.6 Å². The monoisotopic (exact) mass is 351 g/mol. The van der Waals surface area contributed by atoms with Gasteiger partial charge in [0.25, 0.3) is 6.43 Å². The van der Waals surface area contributed by atoms with Gasteiger partial charge in [-0.25, -0.2) is 23.2 Å². The SMILES string of the molecule is N=C(c1nonc1Cn1nnnc1N)N(O)c1cccc(C(F)F)c1. The molecule has 0 radical (unpaired) electrons. The van der Waals surface area contributed by atoms with Crippen LogP contribution in [-0.4, -0.2) is 41.6 Å². The van der Waals surface area contributed by atoms with Crippen LogP contribution in [0.4, 0.5) is 20.4 Å². The highest BCUT2D eigenvalue weighted by atomic mass is 19.3. The third-order valence-electron chi connectivity index (χ3n) is 3.22. The van der Waals surface area contributed by atoms with E-state index in [2.05, 4.69) is 30.5 Å². The molecule has 2 aromatic heterocycles. The molecule has 4 N–H and O–H groups in total. The zero-order valence-corrected chi connectivity index (χ0v) is 12.4. The molecule has 130 valence electrons. The summed E-state index contributed by atoms with van der Waals surface area (Å²) in [7, 11) is 0. The van der Waals surface area contributed by atoms with E-state index in [1.54, 1.807) is 0 Å². The molecule has 3 aromatic rings. The summed E-state index contributed by atoms with van der Waals surface area (Å²) in [5, 5.41) is 36.2. The largest absolute Gasteiger partial charge is 0.367 e. The summed E-state index contributed by atoms with van der Waals surface area (Å²) < 4.78 is 31.3. The zero-order chi connectivity index (χ0) is 18.0. The molecule has 0 unspecified atom stereocenters. The lowest BCUT2D eigenvalue weighted by Gasteiger charge is -2.17. The molecule has 25 heavy (non-hydrogen) atoms. The van der Waals surface area contributed by atoms with Gasteiger partial charge >= 0.3 is 0 Å². The number of rotatable bonds is 5. The molecule has 0 fully saturated rings. The number of alkyl halides is 2. The standard InChI is InChI=1S/C12H11F2N9O2/c13-10(14)6-2-1-3-7(4-6)23(24)11(15)9-8(18-25-19-9)5-22-12(16)17-20-21-22/h1-4,10,15,24H,5H2,(H2,16,17,21). The Hall–Kier alpha value is -3.48. The molecule has 2 heterocycles. The van der Waals surface area contributed by atoms with Gasteiger partial charge in [-0.15, -0.1) is 0 Å². The number of nitrogens with zero attached hydrogens (tertiary/aromatic N) is 7. The summed E-state index contributed by atoms with van der Waals surface area (Å²) in [6.45, 7) is -0.0645. The van der Waals surface area contributed by atoms with Crippen molar-refractivity contribution >= 4 is 17.5 Å². The van der Waals surface area contributed by atoms with Crippen molar-refractivity contribution in [3.63, 3.8) is 0 Å². The van der Waals surface area contributed by atoms with E-state index in [9.17, 15) is 14.0 Å². The summed E-state index contributed by atoms with van der Waals surface area (Å²) in [6, 6.07) is 4.94. The normalized spacial score (nSPS) is 11.0. The van der Waals surface area contributed by atoms with Crippen molar-refractivity contribution in [3.8, 4) is 0 Å². The molecule has 0 saturated heterocycles. The van der Waals surface area contributed by atoms with Gasteiger partial charge in [-0.3, -0.25) is 10.6 Å². The Morgan fingerprint density at radius 1 is 1.40 bits per heavy atom. The molecule has 11 nitrogen and oxygen atoms in total. The molecular formula is C12H11F2N9O2. The van der Waals surface area contributed by atoms with E-state index in [-0.39, 0.29) is 35.1 Å². The number of hydrogen-bond donors (Lipinski definition) is 3. The number of hydrogen-bond acceptors (Lipinski definition) is 9. The first kappa shape index (κ1) is 16.4. The Labute approximate surface area is 138 Å². The fraction of sp³-hybridized carbons (Fsp3) is 0.167. The van der Waals surface area contributed by atoms with E-state index in [4.69, 9.17) is 11.1 Å².